The molecule has 8 nitrogen and oxygen atoms in total. The number of nitrogens with zero attached hydrogens (tertiary/aromatic N) is 6. The highest BCUT2D eigenvalue weighted by molar-refractivity contribution is 5.93. The van der Waals surface area contributed by atoms with Crippen LogP contribution < -0.4 is 4.90 Å². The number of hydrogen-bond donors (Lipinski definition) is 0. The summed E-state index contributed by atoms with van der Waals surface area (Å²) >= 11 is 0. The Morgan fingerprint density at radius 1 is 1.17 bits per heavy atom. The molecule has 8 heteroatoms. The van der Waals surface area contributed by atoms with Gasteiger partial charge in [0.15, 0.2) is 0 Å². The Morgan fingerprint density at radius 2 is 2.03 bits per heavy atom. The second kappa shape index (κ2) is 9.55. The van der Waals surface area contributed by atoms with E-state index in [9.17, 15) is 10.1 Å². The number of pyridine rings is 2. The zero-order valence-electron chi connectivity index (χ0n) is 20.8. The van der Waals surface area contributed by atoms with E-state index in [1.54, 1.807) is 6.20 Å². The molecule has 36 heavy (non-hydrogen) atoms. The van der Waals surface area contributed by atoms with Gasteiger partial charge in [0.05, 0.1) is 30.7 Å². The fourth-order valence-corrected chi connectivity index (χ4v) is 6.21. The first-order chi connectivity index (χ1) is 17.7. The van der Waals surface area contributed by atoms with Gasteiger partial charge in [-0.3, -0.25) is 9.20 Å². The quantitative estimate of drug-likeness (QED) is 0.557. The molecule has 3 aromatic rings. The first kappa shape index (κ1) is 23.0. The summed E-state index contributed by atoms with van der Waals surface area (Å²) in [6, 6.07) is 8.20. The topological polar surface area (TPSA) is 86.8 Å². The summed E-state index contributed by atoms with van der Waals surface area (Å²) in [6.45, 7) is 5.14. The van der Waals surface area contributed by atoms with E-state index in [0.29, 0.717) is 50.0 Å². The molecular formula is C28H32N6O2. The van der Waals surface area contributed by atoms with E-state index in [4.69, 9.17) is 9.72 Å². The van der Waals surface area contributed by atoms with Crippen LogP contribution in [0.25, 0.3) is 5.65 Å². The maximum Gasteiger partial charge on any atom is 0.272 e. The standard InChI is InChI=1S/C28H32N6O2/c1-19-17-32(12-13-33(19)28(35)24-16-30-25-9-5-6-11-34(24)25)27-22(15-29)21-10-14-36-18-23(21)26(31-27)20-7-3-2-4-8-20/h5-6,9,11,16,19-20H,2-4,7-8,10,12-14,17-18H2,1H3/t19-/m1/s1. The number of piperazine rings is 1. The minimum Gasteiger partial charge on any atom is -0.376 e. The summed E-state index contributed by atoms with van der Waals surface area (Å²) in [5.41, 5.74) is 5.48. The molecule has 1 aliphatic carbocycles. The van der Waals surface area contributed by atoms with Crippen molar-refractivity contribution in [2.45, 2.75) is 64.0 Å². The molecule has 0 N–H and O–H groups in total. The van der Waals surface area contributed by atoms with Gasteiger partial charge in [-0.05, 0) is 43.9 Å². The van der Waals surface area contributed by atoms with Gasteiger partial charge in [0, 0.05) is 43.4 Å². The van der Waals surface area contributed by atoms with Gasteiger partial charge in [-0.1, -0.05) is 25.3 Å². The van der Waals surface area contributed by atoms with Crippen LogP contribution in [0.2, 0.25) is 0 Å². The number of anilines is 1. The Balaban J connectivity index is 1.30. The zero-order chi connectivity index (χ0) is 24.6. The number of hydrogen-bond acceptors (Lipinski definition) is 6. The van der Waals surface area contributed by atoms with Crippen molar-refractivity contribution in [1.29, 1.82) is 5.26 Å². The fourth-order valence-electron chi connectivity index (χ4n) is 6.21. The number of rotatable bonds is 3. The molecule has 1 saturated heterocycles. The SMILES string of the molecule is C[C@@H]1CN(c2nc(C3CCCCC3)c3c(c2C#N)CCOC3)CCN1C(=O)c1cnc2ccccn12. The number of imidazole rings is 1. The van der Waals surface area contributed by atoms with Crippen LogP contribution in [0.5, 0.6) is 0 Å². The molecule has 1 atom stereocenters. The molecule has 2 aliphatic heterocycles. The number of fused-ring (bicyclic) bond motifs is 2. The molecule has 186 valence electrons. The predicted octanol–water partition coefficient (Wildman–Crippen LogP) is 4.07. The number of nitriles is 1. The van der Waals surface area contributed by atoms with Crippen molar-refractivity contribution in [2.75, 3.05) is 31.1 Å². The molecule has 0 aromatic carbocycles. The highest BCUT2D eigenvalue weighted by Crippen LogP contribution is 2.39. The van der Waals surface area contributed by atoms with Crippen LogP contribution in [0, 0.1) is 11.3 Å². The first-order valence-corrected chi connectivity index (χ1v) is 13.2. The molecule has 1 saturated carbocycles. The van der Waals surface area contributed by atoms with Crippen LogP contribution in [0.4, 0.5) is 5.82 Å². The predicted molar refractivity (Wildman–Crippen MR) is 136 cm³/mol. The highest BCUT2D eigenvalue weighted by Gasteiger charge is 2.34. The average molecular weight is 485 g/mol. The summed E-state index contributed by atoms with van der Waals surface area (Å²) in [4.78, 5) is 27.2. The van der Waals surface area contributed by atoms with Crippen LogP contribution in [0.1, 0.15) is 77.8 Å². The lowest BCUT2D eigenvalue weighted by molar-refractivity contribution is 0.0666. The van der Waals surface area contributed by atoms with E-state index in [-0.39, 0.29) is 11.9 Å². The van der Waals surface area contributed by atoms with E-state index >= 15 is 0 Å². The van der Waals surface area contributed by atoms with E-state index in [0.717, 1.165) is 47.5 Å². The van der Waals surface area contributed by atoms with Gasteiger partial charge in [-0.2, -0.15) is 5.26 Å². The van der Waals surface area contributed by atoms with Crippen LogP contribution in [-0.2, 0) is 17.8 Å². The van der Waals surface area contributed by atoms with Crippen molar-refractivity contribution < 1.29 is 9.53 Å². The zero-order valence-corrected chi connectivity index (χ0v) is 20.8. The van der Waals surface area contributed by atoms with Crippen molar-refractivity contribution in [3.8, 4) is 6.07 Å². The Labute approximate surface area is 211 Å². The molecule has 0 radical (unpaired) electrons. The van der Waals surface area contributed by atoms with Gasteiger partial charge < -0.3 is 14.5 Å². The average Bonchev–Trinajstić information content (AvgIpc) is 3.36. The van der Waals surface area contributed by atoms with Crippen molar-refractivity contribution in [1.82, 2.24) is 19.3 Å². The van der Waals surface area contributed by atoms with Crippen molar-refractivity contribution in [3.63, 3.8) is 0 Å². The van der Waals surface area contributed by atoms with Crippen molar-refractivity contribution in [3.05, 3.63) is 58.7 Å². The normalized spacial score (nSPS) is 20.8. The molecule has 6 rings (SSSR count). The third-order valence-corrected chi connectivity index (χ3v) is 8.10. The van der Waals surface area contributed by atoms with Crippen molar-refractivity contribution in [2.24, 2.45) is 0 Å². The lowest BCUT2D eigenvalue weighted by Crippen LogP contribution is -2.54. The summed E-state index contributed by atoms with van der Waals surface area (Å²) in [5.74, 6) is 1.23. The Kier molecular flexibility index (Phi) is 6.10. The molecule has 0 bridgehead atoms. The molecule has 0 spiro atoms. The third-order valence-electron chi connectivity index (χ3n) is 8.10. The third kappa shape index (κ3) is 3.92. The maximum absolute atomic E-state index is 13.5. The highest BCUT2D eigenvalue weighted by atomic mass is 16.5. The summed E-state index contributed by atoms with van der Waals surface area (Å²) in [6.07, 6.45) is 10.4. The molecule has 0 unspecified atom stereocenters. The minimum atomic E-state index is -0.0219. The fraction of sp³-hybridized carbons (Fsp3) is 0.500. The van der Waals surface area contributed by atoms with E-state index in [1.807, 2.05) is 33.7 Å². The maximum atomic E-state index is 13.5. The molecule has 3 aliphatic rings. The molecular weight excluding hydrogens is 452 g/mol. The number of ether oxygens (including phenoxy) is 1. The van der Waals surface area contributed by atoms with Gasteiger partial charge in [0.1, 0.15) is 23.2 Å². The first-order valence-electron chi connectivity index (χ1n) is 13.2. The summed E-state index contributed by atoms with van der Waals surface area (Å²) < 4.78 is 7.67. The van der Waals surface area contributed by atoms with Gasteiger partial charge in [0.25, 0.3) is 5.91 Å². The largest absolute Gasteiger partial charge is 0.376 e. The van der Waals surface area contributed by atoms with Gasteiger partial charge >= 0.3 is 0 Å². The Bertz CT molecular complexity index is 1340. The summed E-state index contributed by atoms with van der Waals surface area (Å²) in [7, 11) is 0. The smallest absolute Gasteiger partial charge is 0.272 e. The summed E-state index contributed by atoms with van der Waals surface area (Å²) in [5, 5.41) is 10.2. The van der Waals surface area contributed by atoms with E-state index < -0.39 is 0 Å². The molecule has 3 aromatic heterocycles. The minimum absolute atomic E-state index is 0.0141. The second-order valence-corrected chi connectivity index (χ2v) is 10.3. The molecule has 1 amide bonds. The van der Waals surface area contributed by atoms with Crippen LogP contribution in [0.15, 0.2) is 30.6 Å². The second-order valence-electron chi connectivity index (χ2n) is 10.3. The Morgan fingerprint density at radius 3 is 2.83 bits per heavy atom. The molecule has 5 heterocycles. The number of amides is 1. The number of carbonyl (C=O) groups excluding carboxylic acids is 1. The number of carbonyl (C=O) groups is 1. The lowest BCUT2D eigenvalue weighted by Gasteiger charge is -2.41. The van der Waals surface area contributed by atoms with Gasteiger partial charge in [0.2, 0.25) is 0 Å². The number of aromatic nitrogens is 3. The van der Waals surface area contributed by atoms with Crippen LogP contribution in [-0.4, -0.2) is 57.5 Å². The van der Waals surface area contributed by atoms with Crippen LogP contribution in [0.3, 0.4) is 0 Å². The Hall–Kier alpha value is -3.44. The van der Waals surface area contributed by atoms with E-state index in [1.165, 1.54) is 19.3 Å². The van der Waals surface area contributed by atoms with Crippen LogP contribution >= 0.6 is 0 Å². The van der Waals surface area contributed by atoms with E-state index in [2.05, 4.69) is 22.9 Å². The van der Waals surface area contributed by atoms with Gasteiger partial charge in [-0.25, -0.2) is 9.97 Å². The lowest BCUT2D eigenvalue weighted by atomic mass is 9.82. The molecule has 2 fully saturated rings. The monoisotopic (exact) mass is 484 g/mol. The van der Waals surface area contributed by atoms with Gasteiger partial charge in [-0.15, -0.1) is 0 Å². The van der Waals surface area contributed by atoms with Crippen molar-refractivity contribution >= 4 is 17.4 Å².